The first kappa shape index (κ1) is 32.0. The molecule has 1 saturated carbocycles. The number of amides is 1. The molecule has 1 aliphatic carbocycles. The van der Waals surface area contributed by atoms with E-state index in [9.17, 15) is 9.90 Å². The average molecular weight is 572 g/mol. The molecule has 42 heavy (non-hydrogen) atoms. The summed E-state index contributed by atoms with van der Waals surface area (Å²) in [5, 5.41) is 18.7. The van der Waals surface area contributed by atoms with E-state index < -0.39 is 6.10 Å². The summed E-state index contributed by atoms with van der Waals surface area (Å²) in [6, 6.07) is 18.4. The standard InChI is InChI=1S/C37H53N3O2/c1-25(2)38-37(42)35-22-32-18-12-13-19-33(32)23-40(35)24-36(41)34(21-30-15-8-7-9-16-30)39-29(6)28(5)27(4)20-31-17-11-10-14-26(31)3/h7-11,14-17,20,25,28,32-36,39,41H,6,12-13,18-19,21-24H2,1-5H3,(H,38,42)/b27-20+. The third-order valence-corrected chi connectivity index (χ3v) is 9.57. The third-order valence-electron chi connectivity index (χ3n) is 9.57. The lowest BCUT2D eigenvalue weighted by atomic mass is 9.72. The lowest BCUT2D eigenvalue weighted by molar-refractivity contribution is -0.131. The Morgan fingerprint density at radius 2 is 1.69 bits per heavy atom. The van der Waals surface area contributed by atoms with Crippen molar-refractivity contribution in [3.05, 3.63) is 89.1 Å². The number of likely N-dealkylation sites (tertiary alicyclic amines) is 1. The minimum absolute atomic E-state index is 0.0950. The van der Waals surface area contributed by atoms with Gasteiger partial charge in [0, 0.05) is 30.7 Å². The number of aryl methyl sites for hydroxylation is 1. The Bertz CT molecular complexity index is 1210. The van der Waals surface area contributed by atoms with E-state index in [1.54, 1.807) is 0 Å². The number of carbonyl (C=O) groups is 1. The molecule has 0 radical (unpaired) electrons. The van der Waals surface area contributed by atoms with E-state index in [4.69, 9.17) is 0 Å². The fraction of sp³-hybridized carbons (Fsp3) is 0.541. The van der Waals surface area contributed by atoms with Gasteiger partial charge in [-0.25, -0.2) is 0 Å². The van der Waals surface area contributed by atoms with E-state index in [2.05, 4.69) is 85.4 Å². The van der Waals surface area contributed by atoms with Crippen molar-refractivity contribution in [3.8, 4) is 0 Å². The number of nitrogens with one attached hydrogen (secondary N) is 2. The van der Waals surface area contributed by atoms with E-state index in [0.717, 1.165) is 18.7 Å². The Kier molecular flexibility index (Phi) is 11.5. The topological polar surface area (TPSA) is 64.6 Å². The maximum absolute atomic E-state index is 13.4. The molecule has 1 saturated heterocycles. The number of hydrogen-bond acceptors (Lipinski definition) is 4. The molecule has 6 atom stereocenters. The van der Waals surface area contributed by atoms with Crippen molar-refractivity contribution < 1.29 is 9.90 Å². The molecule has 2 aliphatic rings. The van der Waals surface area contributed by atoms with Crippen LogP contribution in [0.2, 0.25) is 0 Å². The van der Waals surface area contributed by atoms with Crippen LogP contribution < -0.4 is 10.6 Å². The van der Waals surface area contributed by atoms with Crippen LogP contribution in [0.5, 0.6) is 0 Å². The number of carbonyl (C=O) groups excluding carboxylic acids is 1. The lowest BCUT2D eigenvalue weighted by Crippen LogP contribution is -2.59. The quantitative estimate of drug-likeness (QED) is 0.272. The molecule has 0 aromatic heterocycles. The van der Waals surface area contributed by atoms with Gasteiger partial charge in [-0.3, -0.25) is 9.69 Å². The van der Waals surface area contributed by atoms with Crippen molar-refractivity contribution in [1.82, 2.24) is 15.5 Å². The molecule has 1 heterocycles. The largest absolute Gasteiger partial charge is 0.390 e. The molecule has 2 fully saturated rings. The molecular formula is C37H53N3O2. The number of allylic oxidation sites excluding steroid dienone is 1. The molecule has 5 nitrogen and oxygen atoms in total. The summed E-state index contributed by atoms with van der Waals surface area (Å²) in [4.78, 5) is 15.7. The highest BCUT2D eigenvalue weighted by atomic mass is 16.3. The Morgan fingerprint density at radius 3 is 2.38 bits per heavy atom. The van der Waals surface area contributed by atoms with Gasteiger partial charge in [-0.2, -0.15) is 0 Å². The van der Waals surface area contributed by atoms with E-state index in [-0.39, 0.29) is 30.0 Å². The zero-order valence-electron chi connectivity index (χ0n) is 26.5. The summed E-state index contributed by atoms with van der Waals surface area (Å²) in [6.07, 6.45) is 8.12. The predicted octanol–water partition coefficient (Wildman–Crippen LogP) is 6.52. The van der Waals surface area contributed by atoms with Crippen molar-refractivity contribution in [1.29, 1.82) is 0 Å². The van der Waals surface area contributed by atoms with E-state index in [1.807, 2.05) is 32.0 Å². The molecule has 228 valence electrons. The number of aliphatic hydroxyl groups excluding tert-OH is 1. The van der Waals surface area contributed by atoms with Gasteiger partial charge < -0.3 is 15.7 Å². The SMILES string of the molecule is C=C(NC(Cc1ccccc1)C(O)CN1CC2CCCCC2CC1C(=O)NC(C)C)C(C)/C(C)=C/c1ccccc1C. The van der Waals surface area contributed by atoms with Gasteiger partial charge in [0.1, 0.15) is 0 Å². The molecule has 4 rings (SSSR count). The first-order valence-electron chi connectivity index (χ1n) is 16.1. The molecule has 0 bridgehead atoms. The maximum Gasteiger partial charge on any atom is 0.237 e. The molecule has 6 unspecified atom stereocenters. The number of hydrogen-bond donors (Lipinski definition) is 3. The second-order valence-electron chi connectivity index (χ2n) is 13.2. The highest BCUT2D eigenvalue weighted by Gasteiger charge is 2.41. The third kappa shape index (κ3) is 8.58. The van der Waals surface area contributed by atoms with Crippen LogP contribution in [0, 0.1) is 24.7 Å². The number of β-amino-alcohol motifs (C(OH)–C–C–N with tert-alkyl or cyclic N) is 1. The molecule has 1 aliphatic heterocycles. The zero-order chi connectivity index (χ0) is 30.2. The summed E-state index contributed by atoms with van der Waals surface area (Å²) in [6.45, 7) is 16.3. The molecule has 2 aromatic carbocycles. The van der Waals surface area contributed by atoms with Crippen LogP contribution >= 0.6 is 0 Å². The Balaban J connectivity index is 1.52. The number of fused-ring (bicyclic) bond motifs is 1. The zero-order valence-corrected chi connectivity index (χ0v) is 26.5. The van der Waals surface area contributed by atoms with Gasteiger partial charge in [0.25, 0.3) is 0 Å². The van der Waals surface area contributed by atoms with Crippen LogP contribution in [-0.4, -0.2) is 53.2 Å². The number of benzene rings is 2. The second kappa shape index (κ2) is 15.0. The van der Waals surface area contributed by atoms with Gasteiger partial charge in [0.05, 0.1) is 18.2 Å². The molecule has 0 spiro atoms. The summed E-state index contributed by atoms with van der Waals surface area (Å²) in [7, 11) is 0. The maximum atomic E-state index is 13.4. The molecular weight excluding hydrogens is 518 g/mol. The van der Waals surface area contributed by atoms with Crippen molar-refractivity contribution in [2.75, 3.05) is 13.1 Å². The smallest absolute Gasteiger partial charge is 0.237 e. The van der Waals surface area contributed by atoms with Gasteiger partial charge in [-0.05, 0) is 75.5 Å². The lowest BCUT2D eigenvalue weighted by Gasteiger charge is -2.46. The Morgan fingerprint density at radius 1 is 1.02 bits per heavy atom. The number of nitrogens with zero attached hydrogens (tertiary/aromatic N) is 1. The number of rotatable bonds is 12. The van der Waals surface area contributed by atoms with Crippen LogP contribution in [0.3, 0.4) is 0 Å². The average Bonchev–Trinajstić information content (AvgIpc) is 2.97. The minimum atomic E-state index is -0.663. The van der Waals surface area contributed by atoms with E-state index in [1.165, 1.54) is 47.9 Å². The Labute approximate surface area is 254 Å². The summed E-state index contributed by atoms with van der Waals surface area (Å²) < 4.78 is 0. The van der Waals surface area contributed by atoms with Gasteiger partial charge >= 0.3 is 0 Å². The summed E-state index contributed by atoms with van der Waals surface area (Å²) >= 11 is 0. The van der Waals surface area contributed by atoms with Crippen LogP contribution in [0.1, 0.15) is 76.5 Å². The second-order valence-corrected chi connectivity index (χ2v) is 13.2. The predicted molar refractivity (Wildman–Crippen MR) is 175 cm³/mol. The number of piperidine rings is 1. The normalized spacial score (nSPS) is 23.5. The van der Waals surface area contributed by atoms with Crippen LogP contribution in [0.4, 0.5) is 0 Å². The van der Waals surface area contributed by atoms with Gasteiger partial charge in [-0.15, -0.1) is 0 Å². The van der Waals surface area contributed by atoms with Crippen LogP contribution in [0.15, 0.2) is 72.4 Å². The molecule has 5 heteroatoms. The summed E-state index contributed by atoms with van der Waals surface area (Å²) in [5.41, 5.74) is 5.75. The van der Waals surface area contributed by atoms with Gasteiger partial charge in [0.15, 0.2) is 0 Å². The van der Waals surface area contributed by atoms with Crippen molar-refractivity contribution in [2.45, 2.75) is 97.4 Å². The fourth-order valence-electron chi connectivity index (χ4n) is 6.83. The van der Waals surface area contributed by atoms with Crippen molar-refractivity contribution in [3.63, 3.8) is 0 Å². The molecule has 1 amide bonds. The molecule has 3 N–H and O–H groups in total. The Hall–Kier alpha value is -2.89. The van der Waals surface area contributed by atoms with Gasteiger partial charge in [0.2, 0.25) is 5.91 Å². The molecule has 2 aromatic rings. The first-order chi connectivity index (χ1) is 20.1. The fourth-order valence-corrected chi connectivity index (χ4v) is 6.83. The summed E-state index contributed by atoms with van der Waals surface area (Å²) in [5.74, 6) is 1.41. The van der Waals surface area contributed by atoms with Gasteiger partial charge in [-0.1, -0.05) is 99.0 Å². The first-order valence-corrected chi connectivity index (χ1v) is 16.1. The highest BCUT2D eigenvalue weighted by molar-refractivity contribution is 5.82. The van der Waals surface area contributed by atoms with E-state index in [0.29, 0.717) is 24.8 Å². The van der Waals surface area contributed by atoms with Crippen molar-refractivity contribution >= 4 is 12.0 Å². The minimum Gasteiger partial charge on any atom is -0.390 e. The number of aliphatic hydroxyl groups is 1. The van der Waals surface area contributed by atoms with Crippen LogP contribution in [-0.2, 0) is 11.2 Å². The monoisotopic (exact) mass is 571 g/mol. The van der Waals surface area contributed by atoms with Crippen molar-refractivity contribution in [2.24, 2.45) is 17.8 Å². The van der Waals surface area contributed by atoms with E-state index >= 15 is 0 Å². The highest BCUT2D eigenvalue weighted by Crippen LogP contribution is 2.39. The van der Waals surface area contributed by atoms with Crippen LogP contribution in [0.25, 0.3) is 6.08 Å².